The van der Waals surface area contributed by atoms with Crippen molar-refractivity contribution in [1.29, 1.82) is 0 Å². The maximum Gasteiger partial charge on any atom is 0.306 e. The number of hydrogen-bond donors (Lipinski definition) is 1. The number of hydrogen-bond acceptors (Lipinski definition) is 6. The number of carbonyl (C=O) groups is 4. The fourth-order valence-corrected chi connectivity index (χ4v) is 2.75. The first kappa shape index (κ1) is 21.4. The van der Waals surface area contributed by atoms with Crippen LogP contribution in [0, 0.1) is 0 Å². The minimum Gasteiger partial charge on any atom is -0.456 e. The van der Waals surface area contributed by atoms with Gasteiger partial charge in [0.2, 0.25) is 0 Å². The number of esters is 1. The summed E-state index contributed by atoms with van der Waals surface area (Å²) in [5.41, 5.74) is 1.57. The summed E-state index contributed by atoms with van der Waals surface area (Å²) in [5.74, 6) is -1.33. The van der Waals surface area contributed by atoms with Crippen molar-refractivity contribution >= 4 is 40.9 Å². The van der Waals surface area contributed by atoms with Crippen LogP contribution in [0.1, 0.15) is 40.5 Å². The van der Waals surface area contributed by atoms with E-state index >= 15 is 0 Å². The van der Waals surface area contributed by atoms with E-state index in [2.05, 4.69) is 5.32 Å². The minimum absolute atomic E-state index is 0.0194. The van der Waals surface area contributed by atoms with Crippen LogP contribution in [0.5, 0.6) is 0 Å². The van der Waals surface area contributed by atoms with Crippen LogP contribution in [0.15, 0.2) is 53.4 Å². The molecule has 0 saturated heterocycles. The maximum atomic E-state index is 12.1. The maximum absolute atomic E-state index is 12.1. The molecular weight excluding hydrogens is 378 g/mol. The molecular formula is C21H21NO5S. The molecule has 1 N–H and O–H groups in total. The predicted octanol–water partition coefficient (Wildman–Crippen LogP) is 3.76. The summed E-state index contributed by atoms with van der Waals surface area (Å²) in [6.45, 7) is 1.01. The SMILES string of the molecule is CSc1ccc(C(=O)CCC(=O)OCC(=O)Nc2ccc(C(C)=O)cc2)cc1. The van der Waals surface area contributed by atoms with Crippen LogP contribution in [-0.4, -0.2) is 36.3 Å². The highest BCUT2D eigenvalue weighted by Crippen LogP contribution is 2.16. The lowest BCUT2D eigenvalue weighted by Gasteiger charge is -2.07. The molecule has 0 saturated carbocycles. The second kappa shape index (κ2) is 10.4. The highest BCUT2D eigenvalue weighted by molar-refractivity contribution is 7.98. The quantitative estimate of drug-likeness (QED) is 0.392. The summed E-state index contributed by atoms with van der Waals surface area (Å²) in [7, 11) is 0. The Morgan fingerprint density at radius 3 is 2.07 bits per heavy atom. The van der Waals surface area contributed by atoms with E-state index in [1.165, 1.54) is 6.92 Å². The largest absolute Gasteiger partial charge is 0.456 e. The third-order valence-corrected chi connectivity index (χ3v) is 4.65. The van der Waals surface area contributed by atoms with Gasteiger partial charge in [-0.05, 0) is 49.6 Å². The molecule has 0 bridgehead atoms. The average Bonchev–Trinajstić information content (AvgIpc) is 2.71. The van der Waals surface area contributed by atoms with Crippen LogP contribution in [0.25, 0.3) is 0 Å². The molecule has 2 aromatic rings. The van der Waals surface area contributed by atoms with Crippen LogP contribution in [0.2, 0.25) is 0 Å². The zero-order valence-electron chi connectivity index (χ0n) is 15.7. The Morgan fingerprint density at radius 2 is 1.50 bits per heavy atom. The van der Waals surface area contributed by atoms with Crippen LogP contribution in [0.3, 0.4) is 0 Å². The van der Waals surface area contributed by atoms with E-state index < -0.39 is 18.5 Å². The molecule has 0 fully saturated rings. The van der Waals surface area contributed by atoms with Gasteiger partial charge in [0.15, 0.2) is 18.2 Å². The Kier molecular flexibility index (Phi) is 7.95. The summed E-state index contributed by atoms with van der Waals surface area (Å²) in [6.07, 6.45) is 1.87. The lowest BCUT2D eigenvalue weighted by atomic mass is 10.1. The number of anilines is 1. The van der Waals surface area contributed by atoms with Gasteiger partial charge in [-0.15, -0.1) is 11.8 Å². The van der Waals surface area contributed by atoms with Gasteiger partial charge in [0.05, 0.1) is 6.42 Å². The highest BCUT2D eigenvalue weighted by atomic mass is 32.2. The average molecular weight is 399 g/mol. The van der Waals surface area contributed by atoms with E-state index in [1.54, 1.807) is 48.2 Å². The van der Waals surface area contributed by atoms with Crippen molar-refractivity contribution in [2.24, 2.45) is 0 Å². The summed E-state index contributed by atoms with van der Waals surface area (Å²) >= 11 is 1.58. The Morgan fingerprint density at radius 1 is 0.893 bits per heavy atom. The van der Waals surface area contributed by atoms with Crippen molar-refractivity contribution in [3.8, 4) is 0 Å². The molecule has 0 aliphatic heterocycles. The zero-order valence-corrected chi connectivity index (χ0v) is 16.5. The molecule has 146 valence electrons. The monoisotopic (exact) mass is 399 g/mol. The molecule has 7 heteroatoms. The molecule has 0 radical (unpaired) electrons. The number of ether oxygens (including phenoxy) is 1. The standard InChI is InChI=1S/C21H21NO5S/c1-14(23)15-3-7-17(8-4-15)22-20(25)13-27-21(26)12-11-19(24)16-5-9-18(28-2)10-6-16/h3-10H,11-13H2,1-2H3,(H,22,25). The van der Waals surface area contributed by atoms with Crippen LogP contribution < -0.4 is 5.32 Å². The summed E-state index contributed by atoms with van der Waals surface area (Å²) in [4.78, 5) is 47.9. The Bertz CT molecular complexity index is 859. The van der Waals surface area contributed by atoms with Crippen molar-refractivity contribution in [3.05, 3.63) is 59.7 Å². The molecule has 1 amide bonds. The number of benzene rings is 2. The normalized spacial score (nSPS) is 10.2. The third kappa shape index (κ3) is 6.66. The highest BCUT2D eigenvalue weighted by Gasteiger charge is 2.12. The number of Topliss-reactive ketones (excluding diaryl/α,β-unsaturated/α-hetero) is 2. The molecule has 0 aliphatic carbocycles. The molecule has 28 heavy (non-hydrogen) atoms. The van der Waals surface area contributed by atoms with Gasteiger partial charge < -0.3 is 10.1 Å². The van der Waals surface area contributed by atoms with Gasteiger partial charge in [-0.1, -0.05) is 12.1 Å². The lowest BCUT2D eigenvalue weighted by molar-refractivity contribution is -0.147. The lowest BCUT2D eigenvalue weighted by Crippen LogP contribution is -2.21. The minimum atomic E-state index is -0.615. The molecule has 0 spiro atoms. The summed E-state index contributed by atoms with van der Waals surface area (Å²) < 4.78 is 4.90. The van der Waals surface area contributed by atoms with Gasteiger partial charge >= 0.3 is 5.97 Å². The number of rotatable bonds is 9. The van der Waals surface area contributed by atoms with Gasteiger partial charge in [0.25, 0.3) is 5.91 Å². The van der Waals surface area contributed by atoms with Crippen molar-refractivity contribution in [3.63, 3.8) is 0 Å². The van der Waals surface area contributed by atoms with Crippen molar-refractivity contribution in [2.75, 3.05) is 18.2 Å². The molecule has 0 aromatic heterocycles. The van der Waals surface area contributed by atoms with Gasteiger partial charge in [-0.2, -0.15) is 0 Å². The number of carbonyl (C=O) groups excluding carboxylic acids is 4. The number of ketones is 2. The Balaban J connectivity index is 1.72. The Labute approximate surface area is 167 Å². The fraction of sp³-hybridized carbons (Fsp3) is 0.238. The predicted molar refractivity (Wildman–Crippen MR) is 108 cm³/mol. The van der Waals surface area contributed by atoms with Crippen molar-refractivity contribution in [2.45, 2.75) is 24.7 Å². The van der Waals surface area contributed by atoms with Gasteiger partial charge in [-0.25, -0.2) is 0 Å². The van der Waals surface area contributed by atoms with E-state index in [1.807, 2.05) is 18.4 Å². The van der Waals surface area contributed by atoms with Crippen molar-refractivity contribution in [1.82, 2.24) is 0 Å². The van der Waals surface area contributed by atoms with Crippen LogP contribution >= 0.6 is 11.8 Å². The first-order valence-corrected chi connectivity index (χ1v) is 9.85. The molecule has 2 aromatic carbocycles. The van der Waals surface area contributed by atoms with Crippen LogP contribution in [-0.2, 0) is 14.3 Å². The second-order valence-electron chi connectivity index (χ2n) is 5.99. The second-order valence-corrected chi connectivity index (χ2v) is 6.87. The Hall–Kier alpha value is -2.93. The van der Waals surface area contributed by atoms with Gasteiger partial charge in [0.1, 0.15) is 0 Å². The number of nitrogens with one attached hydrogen (secondary N) is 1. The van der Waals surface area contributed by atoms with E-state index in [9.17, 15) is 19.2 Å². The molecule has 0 unspecified atom stereocenters. The fourth-order valence-electron chi connectivity index (χ4n) is 2.34. The van der Waals surface area contributed by atoms with E-state index in [4.69, 9.17) is 4.74 Å². The van der Waals surface area contributed by atoms with Gasteiger partial charge in [-0.3, -0.25) is 19.2 Å². The van der Waals surface area contributed by atoms with E-state index in [0.717, 1.165) is 4.90 Å². The molecule has 6 nitrogen and oxygen atoms in total. The van der Waals surface area contributed by atoms with E-state index in [0.29, 0.717) is 16.8 Å². The number of thioether (sulfide) groups is 1. The molecule has 0 aliphatic rings. The molecule has 0 heterocycles. The first-order chi connectivity index (χ1) is 13.4. The number of amides is 1. The molecule has 0 atom stereocenters. The molecule has 2 rings (SSSR count). The zero-order chi connectivity index (χ0) is 20.5. The van der Waals surface area contributed by atoms with Gasteiger partial charge in [0, 0.05) is 28.1 Å². The smallest absolute Gasteiger partial charge is 0.306 e. The summed E-state index contributed by atoms with van der Waals surface area (Å²) in [6, 6.07) is 13.5. The first-order valence-electron chi connectivity index (χ1n) is 8.63. The topological polar surface area (TPSA) is 89.5 Å². The van der Waals surface area contributed by atoms with Crippen LogP contribution in [0.4, 0.5) is 5.69 Å². The summed E-state index contributed by atoms with van der Waals surface area (Å²) in [5, 5.41) is 2.57. The van der Waals surface area contributed by atoms with E-state index in [-0.39, 0.29) is 24.4 Å². The third-order valence-electron chi connectivity index (χ3n) is 3.91. The van der Waals surface area contributed by atoms with Crippen molar-refractivity contribution < 1.29 is 23.9 Å².